The predicted molar refractivity (Wildman–Crippen MR) is 85.6 cm³/mol. The van der Waals surface area contributed by atoms with E-state index in [1.165, 1.54) is 24.3 Å². The molecule has 24 heavy (non-hydrogen) atoms. The first kappa shape index (κ1) is 16.4. The molecule has 2 amide bonds. The van der Waals surface area contributed by atoms with Crippen LogP contribution >= 0.6 is 0 Å². The number of benzene rings is 1. The Hall–Kier alpha value is -2.45. The van der Waals surface area contributed by atoms with Gasteiger partial charge in [-0.05, 0) is 43.3 Å². The molecule has 0 spiro atoms. The molecule has 0 saturated carbocycles. The molecular formula is C16H16N2O5S. The van der Waals surface area contributed by atoms with Crippen LogP contribution in [-0.4, -0.2) is 20.2 Å². The zero-order valence-electron chi connectivity index (χ0n) is 13.0. The molecule has 0 radical (unpaired) electrons. The standard InChI is InChI=1S/C16H16N2O5S/c1-11-2-5-13(23-11)10-17-24(21,22)14-6-3-12(4-7-14)18-15(19)8-9-16(18)20/h2-7,17H,8-10H2,1H3. The number of hydrogen-bond acceptors (Lipinski definition) is 5. The summed E-state index contributed by atoms with van der Waals surface area (Å²) in [7, 11) is -3.71. The smallest absolute Gasteiger partial charge is 0.240 e. The summed E-state index contributed by atoms with van der Waals surface area (Å²) in [5.74, 6) is 0.665. The van der Waals surface area contributed by atoms with Gasteiger partial charge >= 0.3 is 0 Å². The van der Waals surface area contributed by atoms with Crippen LogP contribution in [0.2, 0.25) is 0 Å². The first-order valence-electron chi connectivity index (χ1n) is 7.38. The molecule has 2 heterocycles. The second kappa shape index (κ2) is 6.21. The van der Waals surface area contributed by atoms with Crippen molar-refractivity contribution in [2.75, 3.05) is 4.90 Å². The summed E-state index contributed by atoms with van der Waals surface area (Å²) >= 11 is 0. The van der Waals surface area contributed by atoms with Crippen LogP contribution in [0.1, 0.15) is 24.4 Å². The summed E-state index contributed by atoms with van der Waals surface area (Å²) in [6.07, 6.45) is 0.367. The van der Waals surface area contributed by atoms with Gasteiger partial charge in [-0.2, -0.15) is 0 Å². The van der Waals surface area contributed by atoms with E-state index in [1.54, 1.807) is 19.1 Å². The molecule has 2 aromatic rings. The second-order valence-corrected chi connectivity index (χ2v) is 7.22. The molecule has 0 atom stereocenters. The zero-order valence-corrected chi connectivity index (χ0v) is 13.8. The van der Waals surface area contributed by atoms with E-state index in [9.17, 15) is 18.0 Å². The van der Waals surface area contributed by atoms with E-state index < -0.39 is 10.0 Å². The molecule has 7 nitrogen and oxygen atoms in total. The van der Waals surface area contributed by atoms with Gasteiger partial charge in [0.05, 0.1) is 17.1 Å². The minimum Gasteiger partial charge on any atom is -0.465 e. The Bertz CT molecular complexity index is 867. The molecule has 0 unspecified atom stereocenters. The van der Waals surface area contributed by atoms with Crippen molar-refractivity contribution >= 4 is 27.5 Å². The third-order valence-corrected chi connectivity index (χ3v) is 5.11. The highest BCUT2D eigenvalue weighted by Crippen LogP contribution is 2.24. The minimum absolute atomic E-state index is 0.0427. The Labute approximate surface area is 139 Å². The molecule has 126 valence electrons. The van der Waals surface area contributed by atoms with E-state index in [2.05, 4.69) is 4.72 Å². The summed E-state index contributed by atoms with van der Waals surface area (Å²) in [6, 6.07) is 9.08. The van der Waals surface area contributed by atoms with Gasteiger partial charge < -0.3 is 4.42 Å². The molecular weight excluding hydrogens is 332 g/mol. The third kappa shape index (κ3) is 3.24. The minimum atomic E-state index is -3.71. The van der Waals surface area contributed by atoms with Crippen molar-refractivity contribution in [3.05, 3.63) is 47.9 Å². The normalized spacial score (nSPS) is 15.3. The number of sulfonamides is 1. The zero-order chi connectivity index (χ0) is 17.3. The largest absolute Gasteiger partial charge is 0.465 e. The van der Waals surface area contributed by atoms with E-state index >= 15 is 0 Å². The van der Waals surface area contributed by atoms with Crippen LogP contribution in [-0.2, 0) is 26.2 Å². The summed E-state index contributed by atoms with van der Waals surface area (Å²) in [5, 5.41) is 0. The quantitative estimate of drug-likeness (QED) is 0.830. The van der Waals surface area contributed by atoms with Crippen molar-refractivity contribution in [2.24, 2.45) is 0 Å². The van der Waals surface area contributed by atoms with Crippen molar-refractivity contribution in [2.45, 2.75) is 31.2 Å². The maximum Gasteiger partial charge on any atom is 0.240 e. The molecule has 3 rings (SSSR count). The first-order chi connectivity index (χ1) is 11.4. The Morgan fingerprint density at radius 1 is 1.04 bits per heavy atom. The van der Waals surface area contributed by atoms with Crippen LogP contribution < -0.4 is 9.62 Å². The van der Waals surface area contributed by atoms with Crippen molar-refractivity contribution in [1.29, 1.82) is 0 Å². The number of furan rings is 1. The molecule has 8 heteroatoms. The van der Waals surface area contributed by atoms with Gasteiger partial charge in [0.25, 0.3) is 0 Å². The van der Waals surface area contributed by atoms with Gasteiger partial charge in [0.15, 0.2) is 0 Å². The van der Waals surface area contributed by atoms with Crippen LogP contribution in [0.15, 0.2) is 45.7 Å². The van der Waals surface area contributed by atoms with Gasteiger partial charge in [0.2, 0.25) is 21.8 Å². The van der Waals surface area contributed by atoms with Crippen LogP contribution in [0, 0.1) is 6.92 Å². The molecule has 1 aliphatic heterocycles. The molecule has 1 aromatic heterocycles. The number of carbonyl (C=O) groups excluding carboxylic acids is 2. The molecule has 1 aliphatic rings. The molecule has 1 aromatic carbocycles. The van der Waals surface area contributed by atoms with Gasteiger partial charge in [-0.15, -0.1) is 0 Å². The van der Waals surface area contributed by atoms with Gasteiger partial charge in [-0.1, -0.05) is 0 Å². The maximum absolute atomic E-state index is 12.3. The Kier molecular flexibility index (Phi) is 4.25. The molecule has 1 N–H and O–H groups in total. The van der Waals surface area contributed by atoms with E-state index in [-0.39, 0.29) is 36.1 Å². The summed E-state index contributed by atoms with van der Waals surface area (Å²) in [4.78, 5) is 24.5. The number of rotatable bonds is 5. The van der Waals surface area contributed by atoms with E-state index in [0.29, 0.717) is 17.2 Å². The molecule has 0 aliphatic carbocycles. The first-order valence-corrected chi connectivity index (χ1v) is 8.86. The fourth-order valence-corrected chi connectivity index (χ4v) is 3.46. The fourth-order valence-electron chi connectivity index (χ4n) is 2.47. The van der Waals surface area contributed by atoms with E-state index in [1.807, 2.05) is 0 Å². The average molecular weight is 348 g/mol. The number of imide groups is 1. The number of aryl methyl sites for hydroxylation is 1. The summed E-state index contributed by atoms with van der Waals surface area (Å²) < 4.78 is 32.3. The van der Waals surface area contributed by atoms with E-state index in [4.69, 9.17) is 4.42 Å². The lowest BCUT2D eigenvalue weighted by atomic mass is 10.3. The van der Waals surface area contributed by atoms with Gasteiger partial charge in [0.1, 0.15) is 11.5 Å². The van der Waals surface area contributed by atoms with Crippen LogP contribution in [0.25, 0.3) is 0 Å². The van der Waals surface area contributed by atoms with Crippen molar-refractivity contribution in [3.8, 4) is 0 Å². The van der Waals surface area contributed by atoms with Crippen molar-refractivity contribution in [3.63, 3.8) is 0 Å². The number of amides is 2. The monoisotopic (exact) mass is 348 g/mol. The number of anilines is 1. The van der Waals surface area contributed by atoms with Crippen molar-refractivity contribution in [1.82, 2.24) is 4.72 Å². The highest BCUT2D eigenvalue weighted by atomic mass is 32.2. The number of nitrogens with one attached hydrogen (secondary N) is 1. The lowest BCUT2D eigenvalue weighted by Gasteiger charge is -2.14. The highest BCUT2D eigenvalue weighted by Gasteiger charge is 2.30. The van der Waals surface area contributed by atoms with Gasteiger partial charge in [-0.25, -0.2) is 13.1 Å². The number of carbonyl (C=O) groups is 2. The van der Waals surface area contributed by atoms with Gasteiger partial charge in [0, 0.05) is 12.8 Å². The fraction of sp³-hybridized carbons (Fsp3) is 0.250. The topological polar surface area (TPSA) is 96.7 Å². The predicted octanol–water partition coefficient (Wildman–Crippen LogP) is 1.72. The Morgan fingerprint density at radius 3 is 2.21 bits per heavy atom. The molecule has 1 saturated heterocycles. The lowest BCUT2D eigenvalue weighted by Crippen LogP contribution is -2.28. The highest BCUT2D eigenvalue weighted by molar-refractivity contribution is 7.89. The Morgan fingerprint density at radius 2 is 1.67 bits per heavy atom. The second-order valence-electron chi connectivity index (χ2n) is 5.45. The number of hydrogen-bond donors (Lipinski definition) is 1. The van der Waals surface area contributed by atoms with Crippen LogP contribution in [0.5, 0.6) is 0 Å². The SMILES string of the molecule is Cc1ccc(CNS(=O)(=O)c2ccc(N3C(=O)CCC3=O)cc2)o1. The van der Waals surface area contributed by atoms with Crippen molar-refractivity contribution < 1.29 is 22.4 Å². The van der Waals surface area contributed by atoms with Crippen LogP contribution in [0.3, 0.4) is 0 Å². The summed E-state index contributed by atoms with van der Waals surface area (Å²) in [6.45, 7) is 1.82. The Balaban J connectivity index is 1.74. The molecule has 0 bridgehead atoms. The molecule has 1 fully saturated rings. The third-order valence-electron chi connectivity index (χ3n) is 3.69. The van der Waals surface area contributed by atoms with E-state index in [0.717, 1.165) is 4.90 Å². The lowest BCUT2D eigenvalue weighted by molar-refractivity contribution is -0.121. The average Bonchev–Trinajstić information content (AvgIpc) is 3.11. The maximum atomic E-state index is 12.3. The number of nitrogens with zero attached hydrogens (tertiary/aromatic N) is 1. The van der Waals surface area contributed by atoms with Crippen LogP contribution in [0.4, 0.5) is 5.69 Å². The van der Waals surface area contributed by atoms with Gasteiger partial charge in [-0.3, -0.25) is 14.5 Å². The summed E-state index contributed by atoms with van der Waals surface area (Å²) in [5.41, 5.74) is 0.378.